The molecule has 0 aliphatic carbocycles. The molecule has 0 radical (unpaired) electrons. The summed E-state index contributed by atoms with van der Waals surface area (Å²) >= 11 is 0. The first-order valence-corrected chi connectivity index (χ1v) is 11.6. The topological polar surface area (TPSA) is 113 Å². The van der Waals surface area contributed by atoms with Gasteiger partial charge in [-0.1, -0.05) is 30.3 Å². The van der Waals surface area contributed by atoms with E-state index in [1.54, 1.807) is 24.3 Å². The first kappa shape index (κ1) is 25.2. The Morgan fingerprint density at radius 1 is 1.09 bits per heavy atom. The number of carbonyl (C=O) groups excluding carboxylic acids is 1. The lowest BCUT2D eigenvalue weighted by Crippen LogP contribution is -2.51. The van der Waals surface area contributed by atoms with Crippen LogP contribution in [0.1, 0.15) is 11.1 Å². The van der Waals surface area contributed by atoms with Crippen LogP contribution in [0, 0.1) is 10.1 Å². The molecule has 2 aromatic rings. The standard InChI is InChI=1S/C21H21F3N4O5S/c22-21(23,24)17-6-7-18(19(14-17)28(30)31)25-15-20(29)26-9-11-27(12-10-26)34(32,33)13-8-16-4-2-1-3-5-16/h1-8,13-14,25H,9-12,15H2. The molecule has 2 aromatic carbocycles. The van der Waals surface area contributed by atoms with Crippen molar-refractivity contribution in [3.05, 3.63) is 75.2 Å². The fraction of sp³-hybridized carbons (Fsp3) is 0.286. The SMILES string of the molecule is O=C(CNc1ccc(C(F)(F)F)cc1[N+](=O)[O-])N1CCN(S(=O)(=O)C=Cc2ccccc2)CC1. The molecule has 1 heterocycles. The first-order valence-electron chi connectivity index (χ1n) is 10.1. The molecule has 9 nitrogen and oxygen atoms in total. The van der Waals surface area contributed by atoms with Crippen LogP contribution in [0.5, 0.6) is 0 Å². The van der Waals surface area contributed by atoms with E-state index in [9.17, 15) is 36.5 Å². The molecule has 0 aromatic heterocycles. The van der Waals surface area contributed by atoms with Crippen molar-refractivity contribution in [1.82, 2.24) is 9.21 Å². The van der Waals surface area contributed by atoms with Crippen molar-refractivity contribution in [2.75, 3.05) is 38.0 Å². The second-order valence-corrected chi connectivity index (χ2v) is 9.20. The van der Waals surface area contributed by atoms with Crippen molar-refractivity contribution in [1.29, 1.82) is 0 Å². The highest BCUT2D eigenvalue weighted by Crippen LogP contribution is 2.34. The molecule has 182 valence electrons. The van der Waals surface area contributed by atoms with Crippen LogP contribution in [0.3, 0.4) is 0 Å². The Labute approximate surface area is 193 Å². The second kappa shape index (κ2) is 10.2. The lowest BCUT2D eigenvalue weighted by molar-refractivity contribution is -0.384. The minimum Gasteiger partial charge on any atom is -0.371 e. The van der Waals surface area contributed by atoms with Gasteiger partial charge in [-0.2, -0.15) is 17.5 Å². The number of alkyl halides is 3. The number of carbonyl (C=O) groups is 1. The van der Waals surface area contributed by atoms with E-state index in [4.69, 9.17) is 0 Å². The van der Waals surface area contributed by atoms with Gasteiger partial charge < -0.3 is 10.2 Å². The molecule has 3 rings (SSSR count). The van der Waals surface area contributed by atoms with E-state index in [0.29, 0.717) is 12.1 Å². The van der Waals surface area contributed by atoms with Crippen molar-refractivity contribution >= 4 is 33.4 Å². The van der Waals surface area contributed by atoms with E-state index >= 15 is 0 Å². The molecule has 1 aliphatic heterocycles. The second-order valence-electron chi connectivity index (χ2n) is 7.38. The van der Waals surface area contributed by atoms with Gasteiger partial charge in [-0.25, -0.2) is 8.42 Å². The Balaban J connectivity index is 1.57. The van der Waals surface area contributed by atoms with Crippen LogP contribution in [0.25, 0.3) is 6.08 Å². The van der Waals surface area contributed by atoms with Crippen molar-refractivity contribution in [2.24, 2.45) is 0 Å². The van der Waals surface area contributed by atoms with Crippen LogP contribution < -0.4 is 5.32 Å². The molecule has 0 bridgehead atoms. The third-order valence-corrected chi connectivity index (χ3v) is 6.70. The fourth-order valence-corrected chi connectivity index (χ4v) is 4.47. The number of nitro benzene ring substituents is 1. The summed E-state index contributed by atoms with van der Waals surface area (Å²) in [5, 5.41) is 14.8. The van der Waals surface area contributed by atoms with Crippen LogP contribution in [0.2, 0.25) is 0 Å². The number of hydrogen-bond acceptors (Lipinski definition) is 6. The number of rotatable bonds is 7. The Morgan fingerprint density at radius 3 is 2.32 bits per heavy atom. The van der Waals surface area contributed by atoms with E-state index in [-0.39, 0.29) is 31.9 Å². The number of anilines is 1. The highest BCUT2D eigenvalue weighted by molar-refractivity contribution is 7.92. The number of nitrogens with zero attached hydrogens (tertiary/aromatic N) is 3. The molecule has 0 spiro atoms. The molecular formula is C21H21F3N4O5S. The molecule has 13 heteroatoms. The summed E-state index contributed by atoms with van der Waals surface area (Å²) in [6.45, 7) is -0.0593. The van der Waals surface area contributed by atoms with Gasteiger partial charge in [0, 0.05) is 37.7 Å². The molecule has 0 saturated carbocycles. The van der Waals surface area contributed by atoms with Gasteiger partial charge in [0.15, 0.2) is 0 Å². The molecule has 1 fully saturated rings. The van der Waals surface area contributed by atoms with Gasteiger partial charge in [0.2, 0.25) is 15.9 Å². The molecule has 1 amide bonds. The molecule has 34 heavy (non-hydrogen) atoms. The number of halogens is 3. The van der Waals surface area contributed by atoms with Crippen molar-refractivity contribution in [2.45, 2.75) is 6.18 Å². The number of sulfonamides is 1. The highest BCUT2D eigenvalue weighted by Gasteiger charge is 2.33. The zero-order chi connectivity index (χ0) is 24.9. The van der Waals surface area contributed by atoms with Gasteiger partial charge in [-0.3, -0.25) is 14.9 Å². The largest absolute Gasteiger partial charge is 0.416 e. The Hall–Kier alpha value is -3.45. The summed E-state index contributed by atoms with van der Waals surface area (Å²) in [6.07, 6.45) is -3.26. The Morgan fingerprint density at radius 2 is 1.74 bits per heavy atom. The summed E-state index contributed by atoms with van der Waals surface area (Å²) in [4.78, 5) is 24.1. The molecule has 0 atom stereocenters. The zero-order valence-corrected chi connectivity index (χ0v) is 18.6. The van der Waals surface area contributed by atoms with Gasteiger partial charge >= 0.3 is 6.18 Å². The fourth-order valence-electron chi connectivity index (χ4n) is 3.30. The maximum Gasteiger partial charge on any atom is 0.416 e. The Kier molecular flexibility index (Phi) is 7.57. The first-order chi connectivity index (χ1) is 16.0. The van der Waals surface area contributed by atoms with Crippen LogP contribution in [-0.2, 0) is 21.0 Å². The van der Waals surface area contributed by atoms with Crippen molar-refractivity contribution in [3.63, 3.8) is 0 Å². The molecule has 0 unspecified atom stereocenters. The summed E-state index contributed by atoms with van der Waals surface area (Å²) in [5.41, 5.74) is -1.47. The smallest absolute Gasteiger partial charge is 0.371 e. The lowest BCUT2D eigenvalue weighted by atomic mass is 10.1. The molecular weight excluding hydrogens is 477 g/mol. The zero-order valence-electron chi connectivity index (χ0n) is 17.7. The van der Waals surface area contributed by atoms with Crippen LogP contribution >= 0.6 is 0 Å². The molecule has 1 N–H and O–H groups in total. The van der Waals surface area contributed by atoms with Gasteiger partial charge in [0.05, 0.1) is 17.0 Å². The van der Waals surface area contributed by atoms with E-state index in [0.717, 1.165) is 17.0 Å². The minimum absolute atomic E-state index is 0.0631. The normalized spacial score (nSPS) is 15.4. The van der Waals surface area contributed by atoms with E-state index in [1.807, 2.05) is 6.07 Å². The van der Waals surface area contributed by atoms with E-state index in [1.165, 1.54) is 15.3 Å². The van der Waals surface area contributed by atoms with Crippen molar-refractivity contribution in [3.8, 4) is 0 Å². The lowest BCUT2D eigenvalue weighted by Gasteiger charge is -2.33. The maximum absolute atomic E-state index is 12.8. The van der Waals surface area contributed by atoms with Gasteiger partial charge in [0.1, 0.15) is 5.69 Å². The van der Waals surface area contributed by atoms with Crippen molar-refractivity contribution < 1.29 is 31.3 Å². The summed E-state index contributed by atoms with van der Waals surface area (Å²) in [7, 11) is -3.68. The predicted octanol–water partition coefficient (Wildman–Crippen LogP) is 3.17. The number of hydrogen-bond donors (Lipinski definition) is 1. The molecule has 1 aliphatic rings. The summed E-state index contributed by atoms with van der Waals surface area (Å²) in [5.74, 6) is -0.467. The molecule has 1 saturated heterocycles. The number of piperazine rings is 1. The number of nitro groups is 1. The average molecular weight is 498 g/mol. The summed E-state index contributed by atoms with van der Waals surface area (Å²) in [6, 6.07) is 10.9. The van der Waals surface area contributed by atoms with Crippen LogP contribution in [0.4, 0.5) is 24.5 Å². The predicted molar refractivity (Wildman–Crippen MR) is 119 cm³/mol. The number of benzene rings is 2. The van der Waals surface area contributed by atoms with Gasteiger partial charge in [-0.15, -0.1) is 0 Å². The minimum atomic E-state index is -4.74. The van der Waals surface area contributed by atoms with Gasteiger partial charge in [-0.05, 0) is 23.8 Å². The maximum atomic E-state index is 12.8. The third kappa shape index (κ3) is 6.32. The van der Waals surface area contributed by atoms with E-state index in [2.05, 4.69) is 5.32 Å². The van der Waals surface area contributed by atoms with E-state index < -0.39 is 44.8 Å². The van der Waals surface area contributed by atoms with Crippen LogP contribution in [0.15, 0.2) is 53.9 Å². The van der Waals surface area contributed by atoms with Crippen LogP contribution in [-0.4, -0.2) is 61.2 Å². The highest BCUT2D eigenvalue weighted by atomic mass is 32.2. The van der Waals surface area contributed by atoms with Gasteiger partial charge in [0.25, 0.3) is 5.69 Å². The Bertz CT molecular complexity index is 1180. The number of amides is 1. The quantitative estimate of drug-likeness (QED) is 0.464. The third-order valence-electron chi connectivity index (χ3n) is 5.14. The summed E-state index contributed by atoms with van der Waals surface area (Å²) < 4.78 is 64.7. The monoisotopic (exact) mass is 498 g/mol. The average Bonchev–Trinajstić information content (AvgIpc) is 2.81. The number of nitrogens with one attached hydrogen (secondary N) is 1.